The second-order valence-electron chi connectivity index (χ2n) is 15.2. The first-order valence-electron chi connectivity index (χ1n) is 16.2. The lowest BCUT2D eigenvalue weighted by atomic mass is 9.89. The fourth-order valence-corrected chi connectivity index (χ4v) is 5.91. The molecular weight excluding hydrogens is 604 g/mol. The summed E-state index contributed by atoms with van der Waals surface area (Å²) in [6.07, 6.45) is 3.87. The number of aromatic nitrogens is 2. The van der Waals surface area contributed by atoms with Gasteiger partial charge in [-0.15, -0.1) is 0 Å². The number of benzene rings is 1. The molecule has 11 nitrogen and oxygen atoms in total. The standard InChI is InChI=1S/C34H54N4O7Si/c1-33(2,3)44-30(39)23-13-11-12-14-27(37-32(41)45-34(4,5)6)29-36-28(21-38(29)22-43-17-18-46(8,9)10)26-16-15-25(20-24(26)19-23)35-31(40)42-7/h15-16,20-21,23,27H,11-14,17-19,22H2,1-10H3,(H,35,40)(H,37,41)/t23?,27-/m0/s1. The topological polar surface area (TPSA) is 130 Å². The molecule has 12 heteroatoms. The molecule has 2 atom stereocenters. The molecule has 1 unspecified atom stereocenters. The molecule has 3 rings (SSSR count). The van der Waals surface area contributed by atoms with Crippen molar-refractivity contribution in [1.82, 2.24) is 14.9 Å². The lowest BCUT2D eigenvalue weighted by molar-refractivity contribution is -0.160. The number of anilines is 1. The average Bonchev–Trinajstić information content (AvgIpc) is 3.33. The zero-order valence-electron chi connectivity index (χ0n) is 29.4. The molecule has 1 aliphatic rings. The molecule has 0 fully saturated rings. The van der Waals surface area contributed by atoms with E-state index in [2.05, 4.69) is 30.3 Å². The average molecular weight is 659 g/mol. The van der Waals surface area contributed by atoms with Crippen molar-refractivity contribution in [2.45, 2.75) is 123 Å². The first kappa shape index (κ1) is 37.1. The van der Waals surface area contributed by atoms with Gasteiger partial charge >= 0.3 is 18.2 Å². The van der Waals surface area contributed by atoms with Gasteiger partial charge in [-0.25, -0.2) is 14.6 Å². The number of carbonyl (C=O) groups is 3. The Balaban J connectivity index is 2.11. The lowest BCUT2D eigenvalue weighted by Crippen LogP contribution is -2.36. The number of carbonyl (C=O) groups excluding carboxylic acids is 3. The van der Waals surface area contributed by atoms with E-state index >= 15 is 0 Å². The fourth-order valence-electron chi connectivity index (χ4n) is 5.15. The van der Waals surface area contributed by atoms with Gasteiger partial charge in [0.2, 0.25) is 0 Å². The summed E-state index contributed by atoms with van der Waals surface area (Å²) in [5, 5.41) is 5.79. The maximum absolute atomic E-state index is 13.5. The number of nitrogens with zero attached hydrogens (tertiary/aromatic N) is 2. The van der Waals surface area contributed by atoms with Crippen LogP contribution in [0.5, 0.6) is 0 Å². The molecule has 1 aromatic carbocycles. The van der Waals surface area contributed by atoms with E-state index in [0.29, 0.717) is 43.1 Å². The Morgan fingerprint density at radius 1 is 0.978 bits per heavy atom. The number of methoxy groups -OCH3 is 1. The highest BCUT2D eigenvalue weighted by Crippen LogP contribution is 2.34. The van der Waals surface area contributed by atoms with E-state index in [4.69, 9.17) is 23.9 Å². The van der Waals surface area contributed by atoms with Gasteiger partial charge in [-0.1, -0.05) is 38.5 Å². The summed E-state index contributed by atoms with van der Waals surface area (Å²) in [7, 11) is 0.0116. The number of alkyl carbamates (subject to hydrolysis) is 1. The maximum atomic E-state index is 13.5. The van der Waals surface area contributed by atoms with Gasteiger partial charge in [0, 0.05) is 32.1 Å². The molecule has 0 saturated heterocycles. The number of imidazole rings is 1. The first-order chi connectivity index (χ1) is 21.3. The number of ether oxygens (including phenoxy) is 4. The highest BCUT2D eigenvalue weighted by Gasteiger charge is 2.30. The third-order valence-corrected chi connectivity index (χ3v) is 9.06. The number of amides is 2. The minimum atomic E-state index is -1.30. The zero-order chi connectivity index (χ0) is 34.3. The highest BCUT2D eigenvalue weighted by atomic mass is 28.3. The molecule has 2 amide bonds. The Labute approximate surface area is 275 Å². The molecule has 0 radical (unpaired) electrons. The van der Waals surface area contributed by atoms with Crippen LogP contribution in [0.2, 0.25) is 25.7 Å². The van der Waals surface area contributed by atoms with E-state index in [0.717, 1.165) is 30.0 Å². The smallest absolute Gasteiger partial charge is 0.411 e. The maximum Gasteiger partial charge on any atom is 0.411 e. The van der Waals surface area contributed by atoms with Crippen LogP contribution in [0.15, 0.2) is 24.4 Å². The molecule has 2 bridgehead atoms. The van der Waals surface area contributed by atoms with Crippen LogP contribution in [0.25, 0.3) is 11.3 Å². The molecule has 46 heavy (non-hydrogen) atoms. The van der Waals surface area contributed by atoms with E-state index in [-0.39, 0.29) is 12.7 Å². The number of rotatable bonds is 8. The van der Waals surface area contributed by atoms with Gasteiger partial charge in [-0.2, -0.15) is 0 Å². The van der Waals surface area contributed by atoms with Crippen molar-refractivity contribution in [3.05, 3.63) is 35.8 Å². The van der Waals surface area contributed by atoms with E-state index in [9.17, 15) is 14.4 Å². The van der Waals surface area contributed by atoms with Crippen LogP contribution in [-0.2, 0) is 36.9 Å². The summed E-state index contributed by atoms with van der Waals surface area (Å²) in [5.41, 5.74) is 1.55. The Hall–Kier alpha value is -3.38. The molecule has 2 N–H and O–H groups in total. The monoisotopic (exact) mass is 658 g/mol. The van der Waals surface area contributed by atoms with Crippen molar-refractivity contribution < 1.29 is 33.3 Å². The van der Waals surface area contributed by atoms with Crippen molar-refractivity contribution in [3.8, 4) is 11.3 Å². The predicted octanol–water partition coefficient (Wildman–Crippen LogP) is 7.68. The second kappa shape index (κ2) is 15.5. The first-order valence-corrected chi connectivity index (χ1v) is 19.9. The van der Waals surface area contributed by atoms with Crippen LogP contribution in [0.3, 0.4) is 0 Å². The Morgan fingerprint density at radius 3 is 2.28 bits per heavy atom. The largest absolute Gasteiger partial charge is 0.460 e. The van der Waals surface area contributed by atoms with Crippen molar-refractivity contribution >= 4 is 31.9 Å². The quantitative estimate of drug-likeness (QED) is 0.128. The summed E-state index contributed by atoms with van der Waals surface area (Å²) < 4.78 is 24.4. The third kappa shape index (κ3) is 12.1. The summed E-state index contributed by atoms with van der Waals surface area (Å²) >= 11 is 0. The number of esters is 1. The second-order valence-corrected chi connectivity index (χ2v) is 20.8. The van der Waals surface area contributed by atoms with Crippen LogP contribution in [-0.4, -0.2) is 60.7 Å². The van der Waals surface area contributed by atoms with Gasteiger partial charge in [-0.05, 0) is 84.5 Å². The molecule has 2 aromatic rings. The molecule has 256 valence electrons. The molecule has 1 aliphatic heterocycles. The summed E-state index contributed by atoms with van der Waals surface area (Å²) in [6, 6.07) is 6.09. The van der Waals surface area contributed by atoms with Gasteiger partial charge in [0.05, 0.1) is 24.8 Å². The zero-order valence-corrected chi connectivity index (χ0v) is 30.4. The van der Waals surface area contributed by atoms with E-state index in [1.54, 1.807) is 6.07 Å². The van der Waals surface area contributed by atoms with Crippen LogP contribution in [0, 0.1) is 5.92 Å². The SMILES string of the molecule is COC(=O)Nc1ccc2c(c1)CC(C(=O)OC(C)(C)C)CCCC[C@H](NC(=O)OC(C)(C)C)c1nc-2cn1COCC[Si](C)(C)C. The fraction of sp³-hybridized carbons (Fsp3) is 0.647. The van der Waals surface area contributed by atoms with Crippen molar-refractivity contribution in [1.29, 1.82) is 0 Å². The molecule has 1 aromatic heterocycles. The van der Waals surface area contributed by atoms with Crippen molar-refractivity contribution in [2.75, 3.05) is 19.0 Å². The minimum Gasteiger partial charge on any atom is -0.460 e. The van der Waals surface area contributed by atoms with Crippen LogP contribution in [0.1, 0.15) is 84.7 Å². The van der Waals surface area contributed by atoms with E-state index < -0.39 is 43.4 Å². The van der Waals surface area contributed by atoms with Gasteiger partial charge in [0.1, 0.15) is 23.8 Å². The summed E-state index contributed by atoms with van der Waals surface area (Å²) in [6.45, 7) is 18.9. The van der Waals surface area contributed by atoms with Crippen molar-refractivity contribution in [3.63, 3.8) is 0 Å². The number of nitrogens with one attached hydrogen (secondary N) is 2. The van der Waals surface area contributed by atoms with E-state index in [1.807, 2.05) is 64.4 Å². The molecular formula is C34H54N4O7Si. The minimum absolute atomic E-state index is 0.271. The van der Waals surface area contributed by atoms with Gasteiger partial charge in [0.25, 0.3) is 0 Å². The predicted molar refractivity (Wildman–Crippen MR) is 181 cm³/mol. The molecule has 2 heterocycles. The van der Waals surface area contributed by atoms with Crippen LogP contribution >= 0.6 is 0 Å². The van der Waals surface area contributed by atoms with Crippen molar-refractivity contribution in [2.24, 2.45) is 5.92 Å². The Kier molecular flexibility index (Phi) is 12.5. The van der Waals surface area contributed by atoms with Gasteiger partial charge in [0.15, 0.2) is 0 Å². The van der Waals surface area contributed by atoms with Crippen LogP contribution in [0.4, 0.5) is 15.3 Å². The number of fused-ring (bicyclic) bond motifs is 4. The van der Waals surface area contributed by atoms with Crippen LogP contribution < -0.4 is 10.6 Å². The Morgan fingerprint density at radius 2 is 1.65 bits per heavy atom. The molecule has 0 aliphatic carbocycles. The summed E-state index contributed by atoms with van der Waals surface area (Å²) in [4.78, 5) is 43.6. The summed E-state index contributed by atoms with van der Waals surface area (Å²) in [5.74, 6) is -0.0253. The normalized spacial score (nSPS) is 17.5. The highest BCUT2D eigenvalue weighted by molar-refractivity contribution is 6.76. The number of hydrogen-bond donors (Lipinski definition) is 2. The Bertz CT molecular complexity index is 1350. The molecule has 0 saturated carbocycles. The third-order valence-electron chi connectivity index (χ3n) is 7.35. The van der Waals surface area contributed by atoms with E-state index in [1.165, 1.54) is 7.11 Å². The number of hydrogen-bond acceptors (Lipinski definition) is 8. The van der Waals surface area contributed by atoms with Gasteiger partial charge in [-0.3, -0.25) is 10.1 Å². The lowest BCUT2D eigenvalue weighted by Gasteiger charge is -2.26. The molecule has 0 spiro atoms. The van der Waals surface area contributed by atoms with Gasteiger partial charge < -0.3 is 28.8 Å².